The van der Waals surface area contributed by atoms with Crippen LogP contribution in [0, 0.1) is 0 Å². The molecule has 0 saturated carbocycles. The largest absolute Gasteiger partial charge is 0.484 e. The molecular weight excluding hydrogens is 258 g/mol. The van der Waals surface area contributed by atoms with E-state index in [1.165, 1.54) is 4.90 Å². The molecule has 1 atom stereocenters. The van der Waals surface area contributed by atoms with Gasteiger partial charge in [0.1, 0.15) is 11.8 Å². The topological polar surface area (TPSA) is 66.8 Å². The van der Waals surface area contributed by atoms with E-state index >= 15 is 0 Å². The van der Waals surface area contributed by atoms with Crippen LogP contribution >= 0.6 is 0 Å². The maximum absolute atomic E-state index is 12.2. The predicted molar refractivity (Wildman–Crippen MR) is 73.5 cm³/mol. The maximum atomic E-state index is 12.2. The molecule has 1 aliphatic heterocycles. The molecule has 20 heavy (non-hydrogen) atoms. The standard InChI is InChI=1S/C15H19NO4/c17-14(11-20-12-7-3-1-4-8-12)16-10-6-2-5-9-13(16)15(18)19/h1,3-4,7-8,13H,2,5-6,9-11H2,(H,18,19). The molecule has 1 aliphatic rings. The summed E-state index contributed by atoms with van der Waals surface area (Å²) >= 11 is 0. The number of likely N-dealkylation sites (tertiary alicyclic amines) is 1. The third-order valence-corrected chi connectivity index (χ3v) is 3.46. The van der Waals surface area contributed by atoms with Gasteiger partial charge in [-0.25, -0.2) is 4.79 Å². The number of rotatable bonds is 4. The number of carboxylic acids is 1. The summed E-state index contributed by atoms with van der Waals surface area (Å²) in [5.41, 5.74) is 0. The lowest BCUT2D eigenvalue weighted by molar-refractivity contribution is -0.151. The van der Waals surface area contributed by atoms with Crippen LogP contribution in [0.1, 0.15) is 25.7 Å². The molecule has 1 amide bonds. The Hall–Kier alpha value is -2.04. The third kappa shape index (κ3) is 3.73. The van der Waals surface area contributed by atoms with E-state index < -0.39 is 12.0 Å². The van der Waals surface area contributed by atoms with E-state index in [1.807, 2.05) is 18.2 Å². The highest BCUT2D eigenvalue weighted by Gasteiger charge is 2.30. The molecule has 0 spiro atoms. The number of hydrogen-bond acceptors (Lipinski definition) is 3. The normalized spacial score (nSPS) is 19.2. The minimum absolute atomic E-state index is 0.117. The first-order valence-corrected chi connectivity index (χ1v) is 6.88. The van der Waals surface area contributed by atoms with Crippen molar-refractivity contribution in [1.82, 2.24) is 4.90 Å². The number of amides is 1. The van der Waals surface area contributed by atoms with Crippen molar-refractivity contribution < 1.29 is 19.4 Å². The molecule has 0 aromatic heterocycles. The van der Waals surface area contributed by atoms with E-state index in [-0.39, 0.29) is 12.5 Å². The maximum Gasteiger partial charge on any atom is 0.326 e. The average molecular weight is 277 g/mol. The molecule has 0 aliphatic carbocycles. The van der Waals surface area contributed by atoms with Gasteiger partial charge in [0.15, 0.2) is 6.61 Å². The van der Waals surface area contributed by atoms with Crippen LogP contribution in [0.2, 0.25) is 0 Å². The first-order chi connectivity index (χ1) is 9.68. The lowest BCUT2D eigenvalue weighted by Crippen LogP contribution is -2.46. The van der Waals surface area contributed by atoms with Crippen molar-refractivity contribution in [1.29, 1.82) is 0 Å². The fourth-order valence-electron chi connectivity index (χ4n) is 2.41. The molecule has 1 aromatic rings. The van der Waals surface area contributed by atoms with Crippen molar-refractivity contribution in [2.45, 2.75) is 31.7 Å². The van der Waals surface area contributed by atoms with Crippen molar-refractivity contribution in [2.75, 3.05) is 13.2 Å². The Kier molecular flexibility index (Phi) is 4.98. The summed E-state index contributed by atoms with van der Waals surface area (Å²) in [7, 11) is 0. The van der Waals surface area contributed by atoms with E-state index in [0.717, 1.165) is 19.3 Å². The van der Waals surface area contributed by atoms with Crippen LogP contribution in [0.25, 0.3) is 0 Å². The Balaban J connectivity index is 1.96. The summed E-state index contributed by atoms with van der Waals surface area (Å²) in [6.45, 7) is 0.377. The highest BCUT2D eigenvalue weighted by Crippen LogP contribution is 2.18. The monoisotopic (exact) mass is 277 g/mol. The van der Waals surface area contributed by atoms with E-state index in [1.54, 1.807) is 12.1 Å². The van der Waals surface area contributed by atoms with Gasteiger partial charge in [0.2, 0.25) is 0 Å². The van der Waals surface area contributed by atoms with Crippen LogP contribution in [0.4, 0.5) is 0 Å². The fourth-order valence-corrected chi connectivity index (χ4v) is 2.41. The van der Waals surface area contributed by atoms with Crippen molar-refractivity contribution >= 4 is 11.9 Å². The number of carbonyl (C=O) groups is 2. The predicted octanol–water partition coefficient (Wildman–Crippen LogP) is 1.92. The van der Waals surface area contributed by atoms with Crippen LogP contribution in [0.3, 0.4) is 0 Å². The lowest BCUT2D eigenvalue weighted by atomic mass is 10.1. The van der Waals surface area contributed by atoms with Gasteiger partial charge in [-0.1, -0.05) is 31.0 Å². The minimum Gasteiger partial charge on any atom is -0.484 e. The molecule has 1 unspecified atom stereocenters. The molecule has 0 bridgehead atoms. The van der Waals surface area contributed by atoms with Crippen molar-refractivity contribution in [3.63, 3.8) is 0 Å². The van der Waals surface area contributed by atoms with Gasteiger partial charge in [0, 0.05) is 6.54 Å². The quantitative estimate of drug-likeness (QED) is 0.913. The van der Waals surface area contributed by atoms with Crippen molar-refractivity contribution in [3.05, 3.63) is 30.3 Å². The second-order valence-electron chi connectivity index (χ2n) is 4.89. The molecule has 1 aromatic carbocycles. The highest BCUT2D eigenvalue weighted by molar-refractivity contribution is 5.84. The summed E-state index contributed by atoms with van der Waals surface area (Å²) in [5, 5.41) is 9.23. The van der Waals surface area contributed by atoms with Gasteiger partial charge in [0.05, 0.1) is 0 Å². The lowest BCUT2D eigenvalue weighted by Gasteiger charge is -2.26. The van der Waals surface area contributed by atoms with Gasteiger partial charge in [0.25, 0.3) is 5.91 Å². The van der Waals surface area contributed by atoms with Crippen molar-refractivity contribution in [3.8, 4) is 5.75 Å². The molecule has 5 nitrogen and oxygen atoms in total. The number of hydrogen-bond donors (Lipinski definition) is 1. The smallest absolute Gasteiger partial charge is 0.326 e. The first kappa shape index (κ1) is 14.4. The van der Waals surface area contributed by atoms with Crippen LogP contribution in [-0.2, 0) is 9.59 Å². The molecule has 2 rings (SSSR count). The number of benzene rings is 1. The zero-order chi connectivity index (χ0) is 14.4. The minimum atomic E-state index is -0.931. The Morgan fingerprint density at radius 1 is 1.20 bits per heavy atom. The summed E-state index contributed by atoms with van der Waals surface area (Å²) in [4.78, 5) is 24.9. The second-order valence-corrected chi connectivity index (χ2v) is 4.89. The highest BCUT2D eigenvalue weighted by atomic mass is 16.5. The summed E-state index contributed by atoms with van der Waals surface area (Å²) in [6.07, 6.45) is 3.18. The van der Waals surface area contributed by atoms with Crippen LogP contribution < -0.4 is 4.74 Å². The van der Waals surface area contributed by atoms with E-state index in [9.17, 15) is 14.7 Å². The number of aliphatic carboxylic acids is 1. The van der Waals surface area contributed by atoms with Gasteiger partial charge in [-0.3, -0.25) is 4.79 Å². The Bertz CT molecular complexity index is 460. The fraction of sp³-hybridized carbons (Fsp3) is 0.467. The molecule has 1 saturated heterocycles. The molecule has 5 heteroatoms. The van der Waals surface area contributed by atoms with E-state index in [4.69, 9.17) is 4.74 Å². The van der Waals surface area contributed by atoms with Crippen molar-refractivity contribution in [2.24, 2.45) is 0 Å². The van der Waals surface area contributed by atoms with Crippen LogP contribution in [-0.4, -0.2) is 41.1 Å². The van der Waals surface area contributed by atoms with Gasteiger partial charge in [-0.15, -0.1) is 0 Å². The molecule has 1 fully saturated rings. The number of carbonyl (C=O) groups excluding carboxylic acids is 1. The summed E-state index contributed by atoms with van der Waals surface area (Å²) in [6, 6.07) is 8.33. The molecule has 1 N–H and O–H groups in total. The van der Waals surface area contributed by atoms with Crippen LogP contribution in [0.15, 0.2) is 30.3 Å². The van der Waals surface area contributed by atoms with Gasteiger partial charge >= 0.3 is 5.97 Å². The third-order valence-electron chi connectivity index (χ3n) is 3.46. The molecule has 0 radical (unpaired) electrons. The van der Waals surface area contributed by atoms with E-state index in [2.05, 4.69) is 0 Å². The van der Waals surface area contributed by atoms with Gasteiger partial charge < -0.3 is 14.7 Å². The molecular formula is C15H19NO4. The van der Waals surface area contributed by atoms with E-state index in [0.29, 0.717) is 18.7 Å². The number of ether oxygens (including phenoxy) is 1. The zero-order valence-corrected chi connectivity index (χ0v) is 11.3. The van der Waals surface area contributed by atoms with Crippen LogP contribution in [0.5, 0.6) is 5.75 Å². The van der Waals surface area contributed by atoms with Gasteiger partial charge in [-0.05, 0) is 25.0 Å². The number of nitrogens with zero attached hydrogens (tertiary/aromatic N) is 1. The number of para-hydroxylation sites is 1. The molecule has 1 heterocycles. The Labute approximate surface area is 118 Å². The first-order valence-electron chi connectivity index (χ1n) is 6.88. The number of carboxylic acid groups (broad SMARTS) is 1. The zero-order valence-electron chi connectivity index (χ0n) is 11.3. The summed E-state index contributed by atoms with van der Waals surface area (Å²) < 4.78 is 5.41. The Morgan fingerprint density at radius 2 is 1.95 bits per heavy atom. The molecule has 108 valence electrons. The Morgan fingerprint density at radius 3 is 2.65 bits per heavy atom. The SMILES string of the molecule is O=C(O)C1CCCCCN1C(=O)COc1ccccc1. The second kappa shape index (κ2) is 6.93. The average Bonchev–Trinajstić information content (AvgIpc) is 2.71. The summed E-state index contributed by atoms with van der Waals surface area (Å²) in [5.74, 6) is -0.578. The van der Waals surface area contributed by atoms with Gasteiger partial charge in [-0.2, -0.15) is 0 Å².